The fraction of sp³-hybridized carbons (Fsp3) is 0.593. The van der Waals surface area contributed by atoms with Crippen LogP contribution in [0.15, 0.2) is 22.7 Å². The van der Waals surface area contributed by atoms with Crippen LogP contribution in [0.4, 0.5) is 10.5 Å². The van der Waals surface area contributed by atoms with E-state index in [1.54, 1.807) is 28.7 Å². The van der Waals surface area contributed by atoms with Crippen molar-refractivity contribution in [2.24, 2.45) is 0 Å². The zero-order valence-corrected chi connectivity index (χ0v) is 25.0. The molecule has 0 spiro atoms. The second-order valence-corrected chi connectivity index (χ2v) is 10.1. The lowest BCUT2D eigenvalue weighted by Crippen LogP contribution is -2.50. The van der Waals surface area contributed by atoms with E-state index < -0.39 is 0 Å². The number of aryl methyl sites for hydroxylation is 2. The number of piperidine rings is 1. The Hall–Kier alpha value is -3.22. The van der Waals surface area contributed by atoms with E-state index in [0.717, 1.165) is 16.8 Å². The Labute approximate surface area is 242 Å². The van der Waals surface area contributed by atoms with Crippen LogP contribution < -0.4 is 15.5 Å². The molecule has 3 amide bonds. The van der Waals surface area contributed by atoms with Crippen molar-refractivity contribution in [1.82, 2.24) is 30.6 Å². The zero-order chi connectivity index (χ0) is 28.5. The summed E-state index contributed by atoms with van der Waals surface area (Å²) >= 11 is 0. The SMILES string of the molecule is COC(=O)N1CCC(N(C)C(=O)CNCC(=O)N(CCNC(C)C)c2cc(-c3noc(C)n3)ccc2C)CC1.Cl. The minimum absolute atomic E-state index is 0. The van der Waals surface area contributed by atoms with Crippen molar-refractivity contribution < 1.29 is 23.6 Å². The third kappa shape index (κ3) is 8.90. The topological polar surface area (TPSA) is 133 Å². The Bertz CT molecular complexity index is 1130. The van der Waals surface area contributed by atoms with Gasteiger partial charge in [-0.2, -0.15) is 4.98 Å². The molecule has 0 radical (unpaired) electrons. The number of benzene rings is 1. The molecule has 1 fully saturated rings. The molecular weight excluding hydrogens is 538 g/mol. The number of carbonyl (C=O) groups is 3. The summed E-state index contributed by atoms with van der Waals surface area (Å²) in [5.41, 5.74) is 2.45. The Kier molecular flexibility index (Phi) is 12.8. The molecule has 0 aliphatic carbocycles. The van der Waals surface area contributed by atoms with Crippen LogP contribution in [-0.4, -0.2) is 103 Å². The lowest BCUT2D eigenvalue weighted by Gasteiger charge is -2.36. The van der Waals surface area contributed by atoms with Gasteiger partial charge in [-0.3, -0.25) is 14.9 Å². The Morgan fingerprint density at radius 2 is 1.82 bits per heavy atom. The molecule has 1 saturated heterocycles. The highest BCUT2D eigenvalue weighted by atomic mass is 35.5. The van der Waals surface area contributed by atoms with Crippen molar-refractivity contribution in [3.8, 4) is 11.4 Å². The summed E-state index contributed by atoms with van der Waals surface area (Å²) in [4.78, 5) is 47.4. The molecule has 0 atom stereocenters. The molecule has 2 N–H and O–H groups in total. The van der Waals surface area contributed by atoms with E-state index >= 15 is 0 Å². The quantitative estimate of drug-likeness (QED) is 0.411. The summed E-state index contributed by atoms with van der Waals surface area (Å²) < 4.78 is 9.91. The van der Waals surface area contributed by atoms with Gasteiger partial charge in [-0.05, 0) is 31.4 Å². The molecule has 0 bridgehead atoms. The van der Waals surface area contributed by atoms with E-state index in [2.05, 4.69) is 34.6 Å². The minimum Gasteiger partial charge on any atom is -0.453 e. The number of nitrogens with zero attached hydrogens (tertiary/aromatic N) is 5. The first kappa shape index (κ1) is 33.0. The number of methoxy groups -OCH3 is 1. The molecule has 222 valence electrons. The van der Waals surface area contributed by atoms with Gasteiger partial charge in [0, 0.05) is 63.5 Å². The predicted octanol–water partition coefficient (Wildman–Crippen LogP) is 2.39. The summed E-state index contributed by atoms with van der Waals surface area (Å²) in [6.45, 7) is 10.00. The number of carbonyl (C=O) groups excluding carboxylic acids is 3. The maximum absolute atomic E-state index is 13.4. The van der Waals surface area contributed by atoms with Gasteiger partial charge in [0.15, 0.2) is 0 Å². The van der Waals surface area contributed by atoms with Crippen molar-refractivity contribution in [3.63, 3.8) is 0 Å². The van der Waals surface area contributed by atoms with E-state index in [1.807, 2.05) is 25.1 Å². The van der Waals surface area contributed by atoms with Crippen molar-refractivity contribution in [3.05, 3.63) is 29.7 Å². The average molecular weight is 580 g/mol. The third-order valence-corrected chi connectivity index (χ3v) is 6.87. The van der Waals surface area contributed by atoms with Crippen LogP contribution in [0, 0.1) is 13.8 Å². The first-order chi connectivity index (χ1) is 18.6. The van der Waals surface area contributed by atoms with Gasteiger partial charge in [0.2, 0.25) is 23.5 Å². The van der Waals surface area contributed by atoms with Crippen LogP contribution in [0.5, 0.6) is 0 Å². The molecule has 2 heterocycles. The number of likely N-dealkylation sites (tertiary alicyclic amines) is 1. The molecule has 1 aliphatic heterocycles. The van der Waals surface area contributed by atoms with E-state index in [0.29, 0.717) is 50.7 Å². The molecule has 40 heavy (non-hydrogen) atoms. The fourth-order valence-electron chi connectivity index (χ4n) is 4.57. The van der Waals surface area contributed by atoms with Gasteiger partial charge in [0.05, 0.1) is 20.2 Å². The highest BCUT2D eigenvalue weighted by Gasteiger charge is 2.28. The van der Waals surface area contributed by atoms with E-state index in [9.17, 15) is 14.4 Å². The summed E-state index contributed by atoms with van der Waals surface area (Å²) in [5.74, 6) is 0.685. The van der Waals surface area contributed by atoms with Gasteiger partial charge in [-0.1, -0.05) is 31.1 Å². The number of ether oxygens (including phenoxy) is 1. The molecule has 0 unspecified atom stereocenters. The van der Waals surface area contributed by atoms with Crippen LogP contribution in [0.1, 0.15) is 38.1 Å². The van der Waals surface area contributed by atoms with Crippen molar-refractivity contribution in [2.45, 2.75) is 52.6 Å². The average Bonchev–Trinajstić information content (AvgIpc) is 3.36. The predicted molar refractivity (Wildman–Crippen MR) is 155 cm³/mol. The van der Waals surface area contributed by atoms with Crippen LogP contribution >= 0.6 is 12.4 Å². The lowest BCUT2D eigenvalue weighted by molar-refractivity contribution is -0.131. The van der Waals surface area contributed by atoms with Gasteiger partial charge in [-0.25, -0.2) is 4.79 Å². The number of aromatic nitrogens is 2. The number of hydrogen-bond acceptors (Lipinski definition) is 9. The van der Waals surface area contributed by atoms with Gasteiger partial charge in [0.1, 0.15) is 0 Å². The van der Waals surface area contributed by atoms with E-state index in [4.69, 9.17) is 9.26 Å². The standard InChI is InChI=1S/C27H41N7O5.ClH/c1-18(2)29-11-14-34(23-15-21(8-7-19(23)3)26-30-20(4)39-31-26)25(36)17-28-16-24(35)32(5)22-9-12-33(13-10-22)27(37)38-6;/h7-8,15,18,22,28-29H,9-14,16-17H2,1-6H3;1H. The van der Waals surface area contributed by atoms with Gasteiger partial charge in [-0.15, -0.1) is 12.4 Å². The van der Waals surface area contributed by atoms with Crippen molar-refractivity contribution in [2.75, 3.05) is 58.3 Å². The number of rotatable bonds is 11. The normalized spacial score (nSPS) is 13.6. The van der Waals surface area contributed by atoms with Gasteiger partial charge < -0.3 is 29.3 Å². The molecule has 3 rings (SSSR count). The summed E-state index contributed by atoms with van der Waals surface area (Å²) in [6.07, 6.45) is 1.02. The smallest absolute Gasteiger partial charge is 0.409 e. The molecule has 0 saturated carbocycles. The monoisotopic (exact) mass is 579 g/mol. The zero-order valence-electron chi connectivity index (χ0n) is 24.2. The van der Waals surface area contributed by atoms with E-state index in [1.165, 1.54) is 7.11 Å². The lowest BCUT2D eigenvalue weighted by atomic mass is 10.0. The first-order valence-corrected chi connectivity index (χ1v) is 13.3. The Morgan fingerprint density at radius 3 is 2.42 bits per heavy atom. The highest BCUT2D eigenvalue weighted by Crippen LogP contribution is 2.27. The Balaban J connectivity index is 0.00000560. The van der Waals surface area contributed by atoms with E-state index in [-0.39, 0.29) is 55.5 Å². The van der Waals surface area contributed by atoms with Crippen LogP contribution in [-0.2, 0) is 14.3 Å². The number of anilines is 1. The number of hydrogen-bond donors (Lipinski definition) is 2. The van der Waals surface area contributed by atoms with Crippen LogP contribution in [0.3, 0.4) is 0 Å². The largest absolute Gasteiger partial charge is 0.453 e. The van der Waals surface area contributed by atoms with Crippen molar-refractivity contribution in [1.29, 1.82) is 0 Å². The fourth-order valence-corrected chi connectivity index (χ4v) is 4.57. The third-order valence-electron chi connectivity index (χ3n) is 6.87. The maximum Gasteiger partial charge on any atom is 0.409 e. The van der Waals surface area contributed by atoms with Crippen molar-refractivity contribution >= 4 is 36.0 Å². The van der Waals surface area contributed by atoms with Crippen LogP contribution in [0.2, 0.25) is 0 Å². The number of likely N-dealkylation sites (N-methyl/N-ethyl adjacent to an activating group) is 1. The summed E-state index contributed by atoms with van der Waals surface area (Å²) in [7, 11) is 3.13. The molecule has 1 aliphatic rings. The molecular formula is C27H42ClN7O5. The maximum atomic E-state index is 13.4. The second kappa shape index (κ2) is 15.5. The number of nitrogens with one attached hydrogen (secondary N) is 2. The highest BCUT2D eigenvalue weighted by molar-refractivity contribution is 5.96. The van der Waals surface area contributed by atoms with Gasteiger partial charge in [0.25, 0.3) is 0 Å². The van der Waals surface area contributed by atoms with Gasteiger partial charge >= 0.3 is 6.09 Å². The number of halogens is 1. The molecule has 12 nitrogen and oxygen atoms in total. The first-order valence-electron chi connectivity index (χ1n) is 13.3. The molecule has 2 aromatic rings. The summed E-state index contributed by atoms with van der Waals surface area (Å²) in [5, 5.41) is 10.4. The minimum atomic E-state index is -0.344. The molecule has 1 aromatic carbocycles. The number of amides is 3. The molecule has 1 aromatic heterocycles. The summed E-state index contributed by atoms with van der Waals surface area (Å²) in [6, 6.07) is 6.05. The Morgan fingerprint density at radius 1 is 1.15 bits per heavy atom. The second-order valence-electron chi connectivity index (χ2n) is 10.1. The molecule has 13 heteroatoms. The van der Waals surface area contributed by atoms with Crippen LogP contribution in [0.25, 0.3) is 11.4 Å².